The summed E-state index contributed by atoms with van der Waals surface area (Å²) in [7, 11) is 0. The fourth-order valence-corrected chi connectivity index (χ4v) is 11.7. The van der Waals surface area contributed by atoms with Crippen molar-refractivity contribution in [1.29, 1.82) is 0 Å². The smallest absolute Gasteiger partial charge is 1.00 e. The van der Waals surface area contributed by atoms with E-state index in [1.807, 2.05) is 0 Å². The molecule has 0 radical (unpaired) electrons. The molecule has 0 heterocycles. The molecular formula is C45H43Cl2Zr. The Morgan fingerprint density at radius 3 is 1.73 bits per heavy atom. The first kappa shape index (κ1) is 36.2. The van der Waals surface area contributed by atoms with Crippen molar-refractivity contribution in [2.45, 2.75) is 62.4 Å². The van der Waals surface area contributed by atoms with E-state index in [-0.39, 0.29) is 35.6 Å². The van der Waals surface area contributed by atoms with Crippen LogP contribution in [0.4, 0.5) is 0 Å². The van der Waals surface area contributed by atoms with Crippen LogP contribution >= 0.6 is 0 Å². The minimum atomic E-state index is -1.29. The fourth-order valence-electron chi connectivity index (χ4n) is 7.32. The van der Waals surface area contributed by atoms with Gasteiger partial charge in [-0.2, -0.15) is 0 Å². The molecule has 0 spiro atoms. The summed E-state index contributed by atoms with van der Waals surface area (Å²) in [5, 5.41) is 0. The minimum Gasteiger partial charge on any atom is -1.00 e. The van der Waals surface area contributed by atoms with Crippen LogP contribution < -0.4 is 24.8 Å². The second-order valence-electron chi connectivity index (χ2n) is 14.8. The molecule has 0 saturated carbocycles. The molecule has 5 aromatic rings. The summed E-state index contributed by atoms with van der Waals surface area (Å²) >= 11 is -1.29. The van der Waals surface area contributed by atoms with Gasteiger partial charge in [-0.05, 0) is 0 Å². The van der Waals surface area contributed by atoms with Gasteiger partial charge in [-0.3, -0.25) is 0 Å². The summed E-state index contributed by atoms with van der Waals surface area (Å²) in [5.74, 6) is 0. The molecule has 1 atom stereocenters. The topological polar surface area (TPSA) is 0 Å². The van der Waals surface area contributed by atoms with E-state index in [1.165, 1.54) is 61.2 Å². The molecule has 0 bridgehead atoms. The molecule has 2 aliphatic carbocycles. The minimum absolute atomic E-state index is 0. The van der Waals surface area contributed by atoms with Crippen molar-refractivity contribution in [3.63, 3.8) is 0 Å². The predicted molar refractivity (Wildman–Crippen MR) is 194 cm³/mol. The van der Waals surface area contributed by atoms with Gasteiger partial charge in [0.1, 0.15) is 0 Å². The van der Waals surface area contributed by atoms with E-state index in [0.717, 1.165) is 6.42 Å². The zero-order valence-electron chi connectivity index (χ0n) is 28.7. The maximum Gasteiger partial charge on any atom is -1.00 e. The second-order valence-corrected chi connectivity index (χ2v) is 18.2. The van der Waals surface area contributed by atoms with E-state index in [0.29, 0.717) is 3.63 Å². The molecule has 0 aromatic heterocycles. The monoisotopic (exact) mass is 743 g/mol. The third kappa shape index (κ3) is 6.85. The van der Waals surface area contributed by atoms with Crippen molar-refractivity contribution in [3.8, 4) is 22.3 Å². The van der Waals surface area contributed by atoms with Crippen molar-refractivity contribution >= 4 is 8.78 Å². The van der Waals surface area contributed by atoms with Crippen molar-refractivity contribution in [1.82, 2.24) is 0 Å². The van der Waals surface area contributed by atoms with Crippen molar-refractivity contribution in [3.05, 3.63) is 172 Å². The van der Waals surface area contributed by atoms with Gasteiger partial charge in [-0.1, -0.05) is 0 Å². The summed E-state index contributed by atoms with van der Waals surface area (Å²) in [6, 6.07) is 43.5. The van der Waals surface area contributed by atoms with E-state index in [9.17, 15) is 0 Å². The second kappa shape index (κ2) is 14.4. The zero-order valence-corrected chi connectivity index (χ0v) is 32.7. The molecular weight excluding hydrogens is 703 g/mol. The van der Waals surface area contributed by atoms with E-state index in [1.54, 1.807) is 8.77 Å². The maximum absolute atomic E-state index is 2.58. The maximum atomic E-state index is 2.58. The molecule has 241 valence electrons. The van der Waals surface area contributed by atoms with Gasteiger partial charge in [0, 0.05) is 0 Å². The Balaban J connectivity index is 0.00000225. The first-order valence-electron chi connectivity index (χ1n) is 16.6. The van der Waals surface area contributed by atoms with Crippen LogP contribution in [0.5, 0.6) is 0 Å². The first-order valence-corrected chi connectivity index (χ1v) is 19.3. The molecule has 3 heteroatoms. The molecule has 0 amide bonds. The number of hydrogen-bond donors (Lipinski definition) is 0. The molecule has 5 aromatic carbocycles. The number of allylic oxidation sites excluding steroid dienone is 4. The summed E-state index contributed by atoms with van der Waals surface area (Å²) < 4.78 is 1.97. The Bertz CT molecular complexity index is 1960. The Morgan fingerprint density at radius 1 is 0.625 bits per heavy atom. The van der Waals surface area contributed by atoms with E-state index in [4.69, 9.17) is 0 Å². The first-order chi connectivity index (χ1) is 22.1. The normalized spacial score (nSPS) is 14.6. The van der Waals surface area contributed by atoms with Crippen LogP contribution in [-0.2, 0) is 33.6 Å². The Labute approximate surface area is 311 Å². The molecule has 1 unspecified atom stereocenters. The average molecular weight is 746 g/mol. The zero-order chi connectivity index (χ0) is 32.1. The van der Waals surface area contributed by atoms with Gasteiger partial charge in [-0.15, -0.1) is 0 Å². The van der Waals surface area contributed by atoms with Crippen LogP contribution in [0.15, 0.2) is 133 Å². The summed E-state index contributed by atoms with van der Waals surface area (Å²) in [5.41, 5.74) is 17.4. The summed E-state index contributed by atoms with van der Waals surface area (Å²) in [6.45, 7) is 14.3. The van der Waals surface area contributed by atoms with Crippen LogP contribution in [0.25, 0.3) is 27.8 Å². The Morgan fingerprint density at radius 2 is 1.21 bits per heavy atom. The molecule has 48 heavy (non-hydrogen) atoms. The number of hydrogen-bond acceptors (Lipinski definition) is 0. The molecule has 0 saturated heterocycles. The Kier molecular flexibility index (Phi) is 10.9. The van der Waals surface area contributed by atoms with Gasteiger partial charge in [0.25, 0.3) is 0 Å². The van der Waals surface area contributed by atoms with Crippen LogP contribution in [0.2, 0.25) is 0 Å². The molecule has 7 rings (SSSR count). The number of fused-ring (bicyclic) bond motifs is 3. The van der Waals surface area contributed by atoms with Crippen LogP contribution in [0.3, 0.4) is 0 Å². The van der Waals surface area contributed by atoms with E-state index >= 15 is 0 Å². The Hall–Kier alpha value is -3.09. The standard InChI is InChI=1S/C32H33.C13H10.2ClH.Zr/c1-31(2,3)24-16-17-25-23(18-24)19-28-27(25)20-26(21-12-8-7-9-13-21)30(32(4,5)6)29(28)22-14-10-11-15-22;1-3-7-12(8-4-1)11-13-9-5-2-6-10-13;;;/h7-14,16-20H,15H2,1-6H3;1-10H;2*1H;/q;;;;+2/p-2. The van der Waals surface area contributed by atoms with E-state index < -0.39 is 22.8 Å². The number of benzene rings is 5. The molecule has 0 fully saturated rings. The molecule has 0 nitrogen and oxygen atoms in total. The van der Waals surface area contributed by atoms with Gasteiger partial charge in [-0.25, -0.2) is 0 Å². The van der Waals surface area contributed by atoms with Crippen molar-refractivity contribution < 1.29 is 47.6 Å². The quantitative estimate of drug-likeness (QED) is 0.216. The third-order valence-electron chi connectivity index (χ3n) is 9.52. The average Bonchev–Trinajstić information content (AvgIpc) is 3.70. The van der Waals surface area contributed by atoms with Gasteiger partial charge in [0.2, 0.25) is 0 Å². The van der Waals surface area contributed by atoms with Gasteiger partial charge >= 0.3 is 289 Å². The molecule has 0 N–H and O–H groups in total. The van der Waals surface area contributed by atoms with Crippen molar-refractivity contribution in [2.75, 3.05) is 0 Å². The molecule has 0 aliphatic heterocycles. The van der Waals surface area contributed by atoms with Gasteiger partial charge in [0.15, 0.2) is 0 Å². The summed E-state index contributed by atoms with van der Waals surface area (Å²) in [6.07, 6.45) is 7.99. The molecule has 2 aliphatic rings. The van der Waals surface area contributed by atoms with E-state index in [2.05, 4.69) is 175 Å². The van der Waals surface area contributed by atoms with Gasteiger partial charge in [0.05, 0.1) is 0 Å². The van der Waals surface area contributed by atoms with Crippen LogP contribution in [-0.4, -0.2) is 3.21 Å². The van der Waals surface area contributed by atoms with Crippen LogP contribution in [0.1, 0.15) is 90.5 Å². The fraction of sp³-hybridized carbons (Fsp3) is 0.222. The van der Waals surface area contributed by atoms with Crippen molar-refractivity contribution in [2.24, 2.45) is 0 Å². The largest absolute Gasteiger partial charge is 1.00 e. The summed E-state index contributed by atoms with van der Waals surface area (Å²) in [4.78, 5) is 0. The number of rotatable bonds is 5. The predicted octanol–water partition coefficient (Wildman–Crippen LogP) is 5.72. The number of halogens is 2. The SMILES string of the molecule is CC(C)(C)c1ccc2c(c1)[CH]([Zr+2]=[C](c1ccccc1)c1ccccc1)c1c-2cc(-c2ccccc2)c(C(C)(C)C)c1C1=CC=CC1.[Cl-].[Cl-]. The van der Waals surface area contributed by atoms with Crippen LogP contribution in [0, 0.1) is 0 Å². The van der Waals surface area contributed by atoms with Gasteiger partial charge < -0.3 is 24.8 Å². The third-order valence-corrected chi connectivity index (χ3v) is 13.8.